The molecular weight excluding hydrogens is 503 g/mol. The lowest BCUT2D eigenvalue weighted by Crippen LogP contribution is -2.26. The number of fused-ring (bicyclic) bond motifs is 1. The highest BCUT2D eigenvalue weighted by atomic mass is 35.5. The smallest absolute Gasteiger partial charge is 0.496 e. The fourth-order valence-corrected chi connectivity index (χ4v) is 4.34. The fourth-order valence-electron chi connectivity index (χ4n) is 4.17. The SMILES string of the molecule is COc1ccc(OC(F)(F)F)cc1CN(CCCNc1ccnc2cc(Cl)ccc12)Cc1ccccc1. The van der Waals surface area contributed by atoms with Crippen LogP contribution >= 0.6 is 11.6 Å². The van der Waals surface area contributed by atoms with Gasteiger partial charge < -0.3 is 14.8 Å². The molecule has 0 unspecified atom stereocenters. The second kappa shape index (κ2) is 12.2. The summed E-state index contributed by atoms with van der Waals surface area (Å²) < 4.78 is 47.9. The molecule has 0 aliphatic heterocycles. The number of rotatable bonds is 11. The van der Waals surface area contributed by atoms with Gasteiger partial charge in [0.1, 0.15) is 11.5 Å². The van der Waals surface area contributed by atoms with Crippen LogP contribution in [-0.4, -0.2) is 36.4 Å². The lowest BCUT2D eigenvalue weighted by Gasteiger charge is -2.24. The second-order valence-electron chi connectivity index (χ2n) is 8.52. The van der Waals surface area contributed by atoms with Crippen molar-refractivity contribution in [2.24, 2.45) is 0 Å². The molecule has 0 saturated carbocycles. The first kappa shape index (κ1) is 26.6. The maximum atomic E-state index is 12.8. The van der Waals surface area contributed by atoms with Crippen LogP contribution in [0.5, 0.6) is 11.5 Å². The van der Waals surface area contributed by atoms with Gasteiger partial charge in [-0.25, -0.2) is 0 Å². The second-order valence-corrected chi connectivity index (χ2v) is 8.95. The van der Waals surface area contributed by atoms with Gasteiger partial charge in [0.25, 0.3) is 0 Å². The molecule has 1 heterocycles. The van der Waals surface area contributed by atoms with Gasteiger partial charge in [0, 0.05) is 54.0 Å². The van der Waals surface area contributed by atoms with Gasteiger partial charge in [0.05, 0.1) is 12.6 Å². The van der Waals surface area contributed by atoms with Crippen molar-refractivity contribution in [1.29, 1.82) is 0 Å². The number of nitrogens with one attached hydrogen (secondary N) is 1. The lowest BCUT2D eigenvalue weighted by atomic mass is 10.1. The Morgan fingerprint density at radius 3 is 2.54 bits per heavy atom. The molecule has 1 N–H and O–H groups in total. The van der Waals surface area contributed by atoms with Gasteiger partial charge in [-0.05, 0) is 54.4 Å². The normalized spacial score (nSPS) is 11.6. The van der Waals surface area contributed by atoms with Crippen molar-refractivity contribution in [3.8, 4) is 11.5 Å². The minimum Gasteiger partial charge on any atom is -0.496 e. The van der Waals surface area contributed by atoms with Crippen LogP contribution in [0.15, 0.2) is 79.0 Å². The van der Waals surface area contributed by atoms with E-state index in [0.717, 1.165) is 28.6 Å². The van der Waals surface area contributed by atoms with Crippen LogP contribution in [0.25, 0.3) is 10.9 Å². The van der Waals surface area contributed by atoms with Crippen LogP contribution in [0.4, 0.5) is 18.9 Å². The molecule has 0 spiro atoms. The summed E-state index contributed by atoms with van der Waals surface area (Å²) >= 11 is 6.09. The lowest BCUT2D eigenvalue weighted by molar-refractivity contribution is -0.274. The maximum Gasteiger partial charge on any atom is 0.573 e. The number of hydrogen-bond donors (Lipinski definition) is 1. The Bertz CT molecular complexity index is 1320. The van der Waals surface area contributed by atoms with E-state index in [4.69, 9.17) is 16.3 Å². The number of pyridine rings is 1. The van der Waals surface area contributed by atoms with Crippen molar-refractivity contribution in [3.63, 3.8) is 0 Å². The number of hydrogen-bond acceptors (Lipinski definition) is 5. The highest BCUT2D eigenvalue weighted by Gasteiger charge is 2.31. The van der Waals surface area contributed by atoms with Crippen LogP contribution < -0.4 is 14.8 Å². The summed E-state index contributed by atoms with van der Waals surface area (Å²) in [5, 5.41) is 5.09. The Labute approximate surface area is 218 Å². The maximum absolute atomic E-state index is 12.8. The van der Waals surface area contributed by atoms with Crippen LogP contribution in [0.3, 0.4) is 0 Å². The molecule has 0 amide bonds. The number of methoxy groups -OCH3 is 1. The third kappa shape index (κ3) is 7.74. The summed E-state index contributed by atoms with van der Waals surface area (Å²) in [4.78, 5) is 6.55. The Morgan fingerprint density at radius 1 is 0.973 bits per heavy atom. The molecule has 0 aliphatic rings. The van der Waals surface area contributed by atoms with Crippen molar-refractivity contribution in [1.82, 2.24) is 9.88 Å². The minimum atomic E-state index is -4.76. The quantitative estimate of drug-likeness (QED) is 0.207. The van der Waals surface area contributed by atoms with E-state index in [2.05, 4.69) is 19.9 Å². The molecule has 0 atom stereocenters. The summed E-state index contributed by atoms with van der Waals surface area (Å²) in [6.45, 7) is 2.42. The first-order valence-corrected chi connectivity index (χ1v) is 12.2. The predicted molar refractivity (Wildman–Crippen MR) is 140 cm³/mol. The summed E-state index contributed by atoms with van der Waals surface area (Å²) in [7, 11) is 1.50. The number of nitrogens with zero attached hydrogens (tertiary/aromatic N) is 2. The summed E-state index contributed by atoms with van der Waals surface area (Å²) in [5.74, 6) is 0.238. The number of halogens is 4. The molecule has 5 nitrogen and oxygen atoms in total. The Morgan fingerprint density at radius 2 is 1.78 bits per heavy atom. The first-order chi connectivity index (χ1) is 17.8. The molecule has 1 aromatic heterocycles. The molecule has 37 heavy (non-hydrogen) atoms. The average molecular weight is 530 g/mol. The zero-order valence-electron chi connectivity index (χ0n) is 20.3. The third-order valence-electron chi connectivity index (χ3n) is 5.80. The Kier molecular flexibility index (Phi) is 8.74. The average Bonchev–Trinajstić information content (AvgIpc) is 2.86. The zero-order valence-corrected chi connectivity index (χ0v) is 21.0. The molecule has 0 bridgehead atoms. The van der Waals surface area contributed by atoms with E-state index in [-0.39, 0.29) is 5.75 Å². The molecule has 0 radical (unpaired) electrons. The van der Waals surface area contributed by atoms with E-state index >= 15 is 0 Å². The van der Waals surface area contributed by atoms with Crippen molar-refractivity contribution in [2.45, 2.75) is 25.9 Å². The van der Waals surface area contributed by atoms with Crippen LogP contribution in [0, 0.1) is 0 Å². The number of benzene rings is 3. The predicted octanol–water partition coefficient (Wildman–Crippen LogP) is 7.30. The standard InChI is InChI=1S/C28H27ClF3N3O2/c1-36-27-11-9-23(37-28(30,31)32)16-21(27)19-35(18-20-6-3-2-4-7-20)15-5-13-33-25-12-14-34-26-17-22(29)8-10-24(25)26/h2-4,6-12,14,16-17H,5,13,15,18-19H2,1H3,(H,33,34). The summed E-state index contributed by atoms with van der Waals surface area (Å²) in [5.41, 5.74) is 3.51. The van der Waals surface area contributed by atoms with Crippen LogP contribution in [0.2, 0.25) is 5.02 Å². The third-order valence-corrected chi connectivity index (χ3v) is 6.03. The Balaban J connectivity index is 1.46. The van der Waals surface area contributed by atoms with E-state index in [0.29, 0.717) is 42.5 Å². The first-order valence-electron chi connectivity index (χ1n) is 11.8. The molecule has 4 rings (SSSR count). The minimum absolute atomic E-state index is 0.269. The molecule has 194 valence electrons. The van der Waals surface area contributed by atoms with Crippen LogP contribution in [0.1, 0.15) is 17.5 Å². The topological polar surface area (TPSA) is 46.6 Å². The highest BCUT2D eigenvalue weighted by molar-refractivity contribution is 6.31. The number of alkyl halides is 3. The van der Waals surface area contributed by atoms with Gasteiger partial charge in [-0.15, -0.1) is 13.2 Å². The van der Waals surface area contributed by atoms with Gasteiger partial charge in [-0.3, -0.25) is 9.88 Å². The molecular formula is C28H27ClF3N3O2. The largest absolute Gasteiger partial charge is 0.573 e. The molecule has 3 aromatic carbocycles. The molecule has 4 aromatic rings. The number of ether oxygens (including phenoxy) is 2. The van der Waals surface area contributed by atoms with Crippen molar-refractivity contribution in [3.05, 3.63) is 95.1 Å². The van der Waals surface area contributed by atoms with E-state index in [1.807, 2.05) is 54.6 Å². The van der Waals surface area contributed by atoms with Crippen molar-refractivity contribution < 1.29 is 22.6 Å². The van der Waals surface area contributed by atoms with Gasteiger partial charge in [0.2, 0.25) is 0 Å². The summed E-state index contributed by atoms with van der Waals surface area (Å²) in [6, 6.07) is 21.6. The van der Waals surface area contributed by atoms with E-state index in [1.165, 1.54) is 25.3 Å². The molecule has 0 fully saturated rings. The van der Waals surface area contributed by atoms with Crippen LogP contribution in [-0.2, 0) is 13.1 Å². The Hall–Kier alpha value is -3.49. The van der Waals surface area contributed by atoms with Gasteiger partial charge in [-0.1, -0.05) is 41.9 Å². The fraction of sp³-hybridized carbons (Fsp3) is 0.250. The highest BCUT2D eigenvalue weighted by Crippen LogP contribution is 2.30. The monoisotopic (exact) mass is 529 g/mol. The van der Waals surface area contributed by atoms with E-state index in [1.54, 1.807) is 6.20 Å². The zero-order chi connectivity index (χ0) is 26.3. The van der Waals surface area contributed by atoms with Gasteiger partial charge in [-0.2, -0.15) is 0 Å². The van der Waals surface area contributed by atoms with E-state index < -0.39 is 6.36 Å². The number of aromatic nitrogens is 1. The van der Waals surface area contributed by atoms with E-state index in [9.17, 15) is 13.2 Å². The number of anilines is 1. The molecule has 9 heteroatoms. The van der Waals surface area contributed by atoms with Gasteiger partial charge in [0.15, 0.2) is 0 Å². The van der Waals surface area contributed by atoms with Gasteiger partial charge >= 0.3 is 6.36 Å². The molecule has 0 saturated heterocycles. The van der Waals surface area contributed by atoms with Crippen molar-refractivity contribution in [2.75, 3.05) is 25.5 Å². The van der Waals surface area contributed by atoms with Crippen molar-refractivity contribution >= 4 is 28.2 Å². The molecule has 0 aliphatic carbocycles. The summed E-state index contributed by atoms with van der Waals surface area (Å²) in [6.07, 6.45) is -2.22.